The van der Waals surface area contributed by atoms with Crippen LogP contribution in [0.3, 0.4) is 0 Å². The number of allylic oxidation sites excluding steroid dienone is 8. The van der Waals surface area contributed by atoms with Crippen molar-refractivity contribution < 1.29 is 0 Å². The zero-order valence-corrected chi connectivity index (χ0v) is 12.6. The molecular formula is C17H30. The third kappa shape index (κ3) is 14.7. The molecule has 0 aliphatic carbocycles. The molecule has 0 saturated heterocycles. The van der Waals surface area contributed by atoms with Crippen LogP contribution in [0.4, 0.5) is 0 Å². The van der Waals surface area contributed by atoms with Gasteiger partial charge < -0.3 is 0 Å². The Morgan fingerprint density at radius 2 is 1.59 bits per heavy atom. The van der Waals surface area contributed by atoms with Gasteiger partial charge in [-0.1, -0.05) is 84.2 Å². The summed E-state index contributed by atoms with van der Waals surface area (Å²) in [4.78, 5) is 0. The smallest absolute Gasteiger partial charge is 0.0194 e. The molecule has 98 valence electrons. The van der Waals surface area contributed by atoms with Crippen molar-refractivity contribution in [1.82, 2.24) is 0 Å². The maximum absolute atomic E-state index is 3.98. The molecule has 0 bridgehead atoms. The predicted molar refractivity (Wildman–Crippen MR) is 84.4 cm³/mol. The number of rotatable bonds is 5. The van der Waals surface area contributed by atoms with E-state index in [0.29, 0.717) is 0 Å². The molecular weight excluding hydrogens is 204 g/mol. The van der Waals surface area contributed by atoms with E-state index in [2.05, 4.69) is 26.2 Å². The van der Waals surface area contributed by atoms with Crippen molar-refractivity contribution >= 4 is 0 Å². The highest BCUT2D eigenvalue weighted by Gasteiger charge is 1.91. The van der Waals surface area contributed by atoms with Gasteiger partial charge in [-0.25, -0.2) is 0 Å². The van der Waals surface area contributed by atoms with Gasteiger partial charge >= 0.3 is 0 Å². The van der Waals surface area contributed by atoms with Gasteiger partial charge in [-0.15, -0.1) is 0 Å². The van der Waals surface area contributed by atoms with Gasteiger partial charge in [0.05, 0.1) is 0 Å². The van der Waals surface area contributed by atoms with Gasteiger partial charge in [0.1, 0.15) is 0 Å². The lowest BCUT2D eigenvalue weighted by molar-refractivity contribution is 1.22. The second-order valence-corrected chi connectivity index (χ2v) is 2.69. The van der Waals surface area contributed by atoms with Crippen molar-refractivity contribution in [2.24, 2.45) is 0 Å². The molecule has 0 saturated carbocycles. The largest absolute Gasteiger partial charge is 0.0990 e. The third-order valence-electron chi connectivity index (χ3n) is 1.57. The summed E-state index contributed by atoms with van der Waals surface area (Å²) in [5.41, 5.74) is 2.14. The Kier molecular flexibility index (Phi) is 24.9. The lowest BCUT2D eigenvalue weighted by atomic mass is 10.1. The highest BCUT2D eigenvalue weighted by atomic mass is 14.0. The van der Waals surface area contributed by atoms with Crippen molar-refractivity contribution in [1.29, 1.82) is 0 Å². The first kappa shape index (κ1) is 21.0. The first-order valence-electron chi connectivity index (χ1n) is 6.57. The van der Waals surface area contributed by atoms with E-state index in [1.807, 2.05) is 58.9 Å². The highest BCUT2D eigenvalue weighted by Crippen LogP contribution is 2.11. The Morgan fingerprint density at radius 3 is 1.94 bits per heavy atom. The maximum atomic E-state index is 3.98. The Labute approximate surface area is 109 Å². The fourth-order valence-corrected chi connectivity index (χ4v) is 0.932. The Balaban J connectivity index is -0.000000439. The van der Waals surface area contributed by atoms with Gasteiger partial charge in [0.2, 0.25) is 0 Å². The van der Waals surface area contributed by atoms with Crippen LogP contribution >= 0.6 is 0 Å². The van der Waals surface area contributed by atoms with E-state index in [1.54, 1.807) is 6.08 Å². The van der Waals surface area contributed by atoms with Crippen LogP contribution in [0.2, 0.25) is 0 Å². The van der Waals surface area contributed by atoms with Crippen LogP contribution in [0.5, 0.6) is 0 Å². The molecule has 0 unspecified atom stereocenters. The predicted octanol–water partition coefficient (Wildman–Crippen LogP) is 6.25. The molecule has 0 spiro atoms. The van der Waals surface area contributed by atoms with Gasteiger partial charge in [0.25, 0.3) is 0 Å². The molecule has 0 fully saturated rings. The van der Waals surface area contributed by atoms with Gasteiger partial charge in [0.15, 0.2) is 0 Å². The molecule has 0 aromatic rings. The summed E-state index contributed by atoms with van der Waals surface area (Å²) >= 11 is 0. The Bertz CT molecular complexity index is 249. The average Bonchev–Trinajstić information content (AvgIpc) is 2.40. The van der Waals surface area contributed by atoms with Crippen molar-refractivity contribution in [3.8, 4) is 0 Å². The quantitative estimate of drug-likeness (QED) is 0.493. The van der Waals surface area contributed by atoms with Crippen LogP contribution in [-0.2, 0) is 0 Å². The molecule has 0 atom stereocenters. The first-order chi connectivity index (χ1) is 8.26. The Morgan fingerprint density at radius 1 is 1.06 bits per heavy atom. The maximum Gasteiger partial charge on any atom is -0.0194 e. The SMILES string of the molecule is C=C/C=C(\C=C/C)C(=C)/C=C\CC.CC.CC. The normalized spacial score (nSPS) is 10.4. The number of hydrogen-bond donors (Lipinski definition) is 0. The summed E-state index contributed by atoms with van der Waals surface area (Å²) in [6.07, 6.45) is 12.9. The third-order valence-corrected chi connectivity index (χ3v) is 1.57. The molecule has 0 amide bonds. The highest BCUT2D eigenvalue weighted by molar-refractivity contribution is 5.45. The van der Waals surface area contributed by atoms with Crippen molar-refractivity contribution in [3.63, 3.8) is 0 Å². The van der Waals surface area contributed by atoms with Crippen molar-refractivity contribution in [2.75, 3.05) is 0 Å². The van der Waals surface area contributed by atoms with Crippen LogP contribution in [0.1, 0.15) is 48.0 Å². The topological polar surface area (TPSA) is 0 Å². The van der Waals surface area contributed by atoms with E-state index in [-0.39, 0.29) is 0 Å². The summed E-state index contributed by atoms with van der Waals surface area (Å²) in [5, 5.41) is 0. The van der Waals surface area contributed by atoms with E-state index in [0.717, 1.165) is 17.6 Å². The minimum atomic E-state index is 1.03. The summed E-state index contributed by atoms with van der Waals surface area (Å²) in [6, 6.07) is 0. The Hall–Kier alpha value is -1.30. The summed E-state index contributed by atoms with van der Waals surface area (Å²) in [5.74, 6) is 0. The second kappa shape index (κ2) is 20.2. The monoisotopic (exact) mass is 234 g/mol. The second-order valence-electron chi connectivity index (χ2n) is 2.69. The van der Waals surface area contributed by atoms with Gasteiger partial charge in [-0.2, -0.15) is 0 Å². The van der Waals surface area contributed by atoms with Gasteiger partial charge in [-0.05, 0) is 24.5 Å². The fraction of sp³-hybridized carbons (Fsp3) is 0.412. The molecule has 0 rings (SSSR count). The van der Waals surface area contributed by atoms with E-state index in [9.17, 15) is 0 Å². The van der Waals surface area contributed by atoms with Crippen molar-refractivity contribution in [3.05, 3.63) is 60.8 Å². The zero-order chi connectivity index (χ0) is 14.1. The molecule has 0 radical (unpaired) electrons. The summed E-state index contributed by atoms with van der Waals surface area (Å²) in [7, 11) is 0. The lowest BCUT2D eigenvalue weighted by Gasteiger charge is -1.99. The van der Waals surface area contributed by atoms with E-state index in [4.69, 9.17) is 0 Å². The lowest BCUT2D eigenvalue weighted by Crippen LogP contribution is -1.79. The molecule has 0 N–H and O–H groups in total. The molecule has 0 heteroatoms. The first-order valence-corrected chi connectivity index (χ1v) is 6.57. The molecule has 0 aliphatic heterocycles. The van der Waals surface area contributed by atoms with E-state index < -0.39 is 0 Å². The molecule has 0 aromatic carbocycles. The fourth-order valence-electron chi connectivity index (χ4n) is 0.932. The zero-order valence-electron chi connectivity index (χ0n) is 12.6. The summed E-state index contributed by atoms with van der Waals surface area (Å²) < 4.78 is 0. The standard InChI is InChI=1S/C13H18.2C2H6/c1-5-8-11-12(4)13(9-6-2)10-7-3;2*1-2/h6-11H,2,4-5H2,1,3H3;2*1-2H3/b10-7-,11-8-,13-9+;;. The molecule has 0 aliphatic rings. The van der Waals surface area contributed by atoms with E-state index >= 15 is 0 Å². The average molecular weight is 234 g/mol. The van der Waals surface area contributed by atoms with Gasteiger partial charge in [0, 0.05) is 0 Å². The summed E-state index contributed by atoms with van der Waals surface area (Å²) in [6.45, 7) is 19.7. The molecule has 0 heterocycles. The van der Waals surface area contributed by atoms with E-state index in [1.165, 1.54) is 0 Å². The molecule has 0 nitrogen and oxygen atoms in total. The number of hydrogen-bond acceptors (Lipinski definition) is 0. The van der Waals surface area contributed by atoms with Crippen LogP contribution in [0.15, 0.2) is 60.8 Å². The van der Waals surface area contributed by atoms with Gasteiger partial charge in [-0.3, -0.25) is 0 Å². The van der Waals surface area contributed by atoms with Crippen LogP contribution in [0, 0.1) is 0 Å². The van der Waals surface area contributed by atoms with Crippen molar-refractivity contribution in [2.45, 2.75) is 48.0 Å². The minimum absolute atomic E-state index is 1.03. The molecule has 17 heavy (non-hydrogen) atoms. The minimum Gasteiger partial charge on any atom is -0.0990 e. The molecule has 0 aromatic heterocycles. The van der Waals surface area contributed by atoms with Crippen LogP contribution < -0.4 is 0 Å². The van der Waals surface area contributed by atoms with Crippen LogP contribution in [0.25, 0.3) is 0 Å². The van der Waals surface area contributed by atoms with Crippen LogP contribution in [-0.4, -0.2) is 0 Å².